The van der Waals surface area contributed by atoms with E-state index in [1.54, 1.807) is 19.1 Å². The Hall–Kier alpha value is -0.820. The molecule has 1 aliphatic heterocycles. The Morgan fingerprint density at radius 1 is 1.45 bits per heavy atom. The highest BCUT2D eigenvalue weighted by Crippen LogP contribution is 2.41. The van der Waals surface area contributed by atoms with Gasteiger partial charge in [0.2, 0.25) is 0 Å². The maximum absolute atomic E-state index is 12.9. The van der Waals surface area contributed by atoms with Crippen molar-refractivity contribution in [1.29, 1.82) is 0 Å². The van der Waals surface area contributed by atoms with Gasteiger partial charge < -0.3 is 4.74 Å². The normalized spacial score (nSPS) is 26.9. The summed E-state index contributed by atoms with van der Waals surface area (Å²) in [4.78, 5) is 8.35. The van der Waals surface area contributed by atoms with Gasteiger partial charge in [-0.05, 0) is 35.0 Å². The summed E-state index contributed by atoms with van der Waals surface area (Å²) >= 11 is 9.24. The van der Waals surface area contributed by atoms with Crippen LogP contribution in [0.25, 0.3) is 0 Å². The topological polar surface area (TPSA) is 34.5 Å². The van der Waals surface area contributed by atoms with Crippen LogP contribution >= 0.6 is 27.5 Å². The molecule has 0 bridgehead atoms. The summed E-state index contributed by atoms with van der Waals surface area (Å²) in [7, 11) is 0. The highest BCUT2D eigenvalue weighted by Gasteiger charge is 2.50. The lowest BCUT2D eigenvalue weighted by molar-refractivity contribution is -0.208. The van der Waals surface area contributed by atoms with Crippen LogP contribution in [0.15, 0.2) is 21.7 Å². The number of alkyl halides is 3. The molecule has 110 valence electrons. The van der Waals surface area contributed by atoms with Crippen molar-refractivity contribution < 1.29 is 17.9 Å². The Morgan fingerprint density at radius 3 is 2.70 bits per heavy atom. The Bertz CT molecular complexity index is 564. The number of aromatic nitrogens is 1. The van der Waals surface area contributed by atoms with Crippen molar-refractivity contribution in [2.45, 2.75) is 38.1 Å². The molecule has 1 aromatic rings. The summed E-state index contributed by atoms with van der Waals surface area (Å²) in [5.41, 5.74) is -0.880. The molecule has 0 saturated heterocycles. The molecule has 0 aromatic carbocycles. The first kappa shape index (κ1) is 15.6. The monoisotopic (exact) mass is 370 g/mol. The summed E-state index contributed by atoms with van der Waals surface area (Å²) in [5, 5.41) is 0.273. The number of ether oxygens (including phenoxy) is 1. The fourth-order valence-electron chi connectivity index (χ4n) is 2.16. The molecule has 1 aliphatic rings. The van der Waals surface area contributed by atoms with Crippen molar-refractivity contribution in [3.8, 4) is 0 Å². The van der Waals surface area contributed by atoms with Gasteiger partial charge in [-0.1, -0.05) is 11.6 Å². The van der Waals surface area contributed by atoms with Gasteiger partial charge in [0.15, 0.2) is 12.0 Å². The first-order chi connectivity index (χ1) is 9.12. The van der Waals surface area contributed by atoms with Crippen molar-refractivity contribution >= 4 is 33.4 Å². The minimum atomic E-state index is -4.46. The van der Waals surface area contributed by atoms with Crippen molar-refractivity contribution in [3.63, 3.8) is 0 Å². The maximum atomic E-state index is 12.9. The van der Waals surface area contributed by atoms with Crippen LogP contribution in [0.1, 0.15) is 26.0 Å². The predicted molar refractivity (Wildman–Crippen MR) is 73.0 cm³/mol. The van der Waals surface area contributed by atoms with E-state index in [9.17, 15) is 13.2 Å². The van der Waals surface area contributed by atoms with Gasteiger partial charge in [0.25, 0.3) is 0 Å². The Morgan fingerprint density at radius 2 is 2.10 bits per heavy atom. The van der Waals surface area contributed by atoms with Gasteiger partial charge in [0, 0.05) is 13.3 Å². The zero-order chi connectivity index (χ0) is 15.1. The number of pyridine rings is 1. The van der Waals surface area contributed by atoms with Crippen molar-refractivity contribution in [1.82, 2.24) is 4.98 Å². The van der Waals surface area contributed by atoms with E-state index in [0.717, 1.165) is 0 Å². The van der Waals surface area contributed by atoms with Crippen LogP contribution in [0.5, 0.6) is 0 Å². The zero-order valence-corrected chi connectivity index (χ0v) is 13.0. The molecule has 1 aromatic heterocycles. The van der Waals surface area contributed by atoms with Gasteiger partial charge in [0.1, 0.15) is 10.1 Å². The fraction of sp³-hybridized carbons (Fsp3) is 0.500. The second kappa shape index (κ2) is 5.18. The van der Waals surface area contributed by atoms with Crippen LogP contribution in [0.3, 0.4) is 0 Å². The molecule has 0 spiro atoms. The Kier molecular flexibility index (Phi) is 4.03. The lowest BCUT2D eigenvalue weighted by Crippen LogP contribution is -2.43. The van der Waals surface area contributed by atoms with Crippen molar-refractivity contribution in [2.75, 3.05) is 0 Å². The summed E-state index contributed by atoms with van der Waals surface area (Å²) in [6, 6.07) is 3.19. The molecule has 0 aliphatic carbocycles. The zero-order valence-electron chi connectivity index (χ0n) is 10.6. The molecule has 0 N–H and O–H groups in total. The van der Waals surface area contributed by atoms with E-state index in [1.807, 2.05) is 0 Å². The van der Waals surface area contributed by atoms with E-state index in [4.69, 9.17) is 16.3 Å². The molecule has 2 rings (SSSR count). The number of hydrogen-bond acceptors (Lipinski definition) is 3. The highest BCUT2D eigenvalue weighted by atomic mass is 79.9. The van der Waals surface area contributed by atoms with E-state index in [-0.39, 0.29) is 17.3 Å². The lowest BCUT2D eigenvalue weighted by Gasteiger charge is -2.35. The highest BCUT2D eigenvalue weighted by molar-refractivity contribution is 9.10. The van der Waals surface area contributed by atoms with Crippen LogP contribution in [-0.2, 0) is 10.3 Å². The fourth-order valence-corrected chi connectivity index (χ4v) is 2.77. The minimum absolute atomic E-state index is 0.0288. The summed E-state index contributed by atoms with van der Waals surface area (Å²) in [5.74, 6) is -0.0288. The van der Waals surface area contributed by atoms with E-state index < -0.39 is 17.8 Å². The van der Waals surface area contributed by atoms with Crippen LogP contribution in [0, 0.1) is 0 Å². The number of hydrogen-bond donors (Lipinski definition) is 0. The van der Waals surface area contributed by atoms with Gasteiger partial charge in [0.05, 0.1) is 10.7 Å². The van der Waals surface area contributed by atoms with Gasteiger partial charge in [-0.2, -0.15) is 13.2 Å². The second-order valence-electron chi connectivity index (χ2n) is 4.72. The third kappa shape index (κ3) is 3.09. The molecule has 0 radical (unpaired) electrons. The number of halogens is 5. The smallest absolute Gasteiger partial charge is 0.425 e. The van der Waals surface area contributed by atoms with Crippen molar-refractivity contribution in [3.05, 3.63) is 27.5 Å². The van der Waals surface area contributed by atoms with Crippen LogP contribution in [-0.4, -0.2) is 23.2 Å². The first-order valence-corrected chi connectivity index (χ1v) is 6.91. The van der Waals surface area contributed by atoms with Crippen molar-refractivity contribution in [2.24, 2.45) is 4.99 Å². The third-order valence-corrected chi connectivity index (χ3v) is 3.73. The lowest BCUT2D eigenvalue weighted by atomic mass is 9.89. The summed E-state index contributed by atoms with van der Waals surface area (Å²) in [6.45, 7) is 2.96. The van der Waals surface area contributed by atoms with Crippen LogP contribution < -0.4 is 0 Å². The van der Waals surface area contributed by atoms with E-state index in [0.29, 0.717) is 10.3 Å². The van der Waals surface area contributed by atoms with Crippen LogP contribution in [0.2, 0.25) is 5.02 Å². The standard InChI is InChI=1S/C12H11BrClF3N2O/c1-6-19-11(2,5-8(20-6)12(15,16)17)10-7(14)3-4-9(13)18-10/h3-4,8H,5H2,1-2H3/t8-,11-/m0/s1. The molecule has 8 heteroatoms. The average molecular weight is 372 g/mol. The molecule has 2 atom stereocenters. The molecule has 2 heterocycles. The van der Waals surface area contributed by atoms with Crippen LogP contribution in [0.4, 0.5) is 13.2 Å². The van der Waals surface area contributed by atoms with Gasteiger partial charge in [-0.25, -0.2) is 9.98 Å². The van der Waals surface area contributed by atoms with Gasteiger partial charge >= 0.3 is 6.18 Å². The van der Waals surface area contributed by atoms with E-state index in [2.05, 4.69) is 25.9 Å². The van der Waals surface area contributed by atoms with E-state index >= 15 is 0 Å². The number of nitrogens with zero attached hydrogens (tertiary/aromatic N) is 2. The largest absolute Gasteiger partial charge is 0.468 e. The molecular formula is C12H11BrClF3N2O. The summed E-state index contributed by atoms with van der Waals surface area (Å²) in [6.07, 6.45) is -6.74. The number of rotatable bonds is 1. The molecule has 0 saturated carbocycles. The van der Waals surface area contributed by atoms with E-state index in [1.165, 1.54) is 6.92 Å². The average Bonchev–Trinajstić information content (AvgIpc) is 2.30. The Labute approximate surface area is 127 Å². The SMILES string of the molecule is CC1=N[C@](C)(c2nc(Br)ccc2Cl)C[C@@H](C(F)(F)F)O1. The maximum Gasteiger partial charge on any atom is 0.425 e. The first-order valence-electron chi connectivity index (χ1n) is 5.74. The summed E-state index contributed by atoms with van der Waals surface area (Å²) < 4.78 is 44.0. The molecular weight excluding hydrogens is 360 g/mol. The number of aliphatic imine (C=N–C) groups is 1. The molecule has 3 nitrogen and oxygen atoms in total. The van der Waals surface area contributed by atoms with Gasteiger partial charge in [-0.3, -0.25) is 0 Å². The second-order valence-corrected chi connectivity index (χ2v) is 5.94. The predicted octanol–water partition coefficient (Wildman–Crippen LogP) is 4.48. The minimum Gasteiger partial charge on any atom is -0.468 e. The van der Waals surface area contributed by atoms with Gasteiger partial charge in [-0.15, -0.1) is 0 Å². The molecule has 0 amide bonds. The quantitative estimate of drug-likeness (QED) is 0.682. The molecule has 0 unspecified atom stereocenters. The Balaban J connectivity index is 2.48. The molecule has 0 fully saturated rings. The third-order valence-electron chi connectivity index (χ3n) is 2.99. The molecule has 20 heavy (non-hydrogen) atoms.